The van der Waals surface area contributed by atoms with Crippen LogP contribution in [0.15, 0.2) is 0 Å². The van der Waals surface area contributed by atoms with Crippen LogP contribution in [-0.4, -0.2) is 31.7 Å². The van der Waals surface area contributed by atoms with Crippen molar-refractivity contribution in [1.29, 1.82) is 0 Å². The van der Waals surface area contributed by atoms with Gasteiger partial charge in [-0.3, -0.25) is 0 Å². The van der Waals surface area contributed by atoms with Crippen LogP contribution in [0.4, 0.5) is 0 Å². The Labute approximate surface area is 77.9 Å². The van der Waals surface area contributed by atoms with Crippen LogP contribution >= 0.6 is 11.6 Å². The lowest BCUT2D eigenvalue weighted by atomic mass is 10.3. The fraction of sp³-hybridized carbons (Fsp3) is 1.00. The Morgan fingerprint density at radius 1 is 1.42 bits per heavy atom. The predicted octanol–water partition coefficient (Wildman–Crippen LogP) is 1.74. The van der Waals surface area contributed by atoms with E-state index in [0.717, 1.165) is 6.42 Å². The Balaban J connectivity index is 2.35. The van der Waals surface area contributed by atoms with E-state index in [1.165, 1.54) is 0 Å². The fourth-order valence-corrected chi connectivity index (χ4v) is 1.37. The standard InChI is InChI=1S/C8H15ClO3/c1-2-10-8(4-3-5-9)11-6-7-12-8/h2-7H2,1H3. The second-order valence-corrected chi connectivity index (χ2v) is 2.98. The van der Waals surface area contributed by atoms with E-state index in [2.05, 4.69) is 0 Å². The Bertz CT molecular complexity index is 123. The van der Waals surface area contributed by atoms with Crippen molar-refractivity contribution >= 4 is 11.6 Å². The van der Waals surface area contributed by atoms with Crippen molar-refractivity contribution in [3.63, 3.8) is 0 Å². The molecule has 12 heavy (non-hydrogen) atoms. The minimum Gasteiger partial charge on any atom is -0.328 e. The first-order valence-corrected chi connectivity index (χ1v) is 4.84. The van der Waals surface area contributed by atoms with Gasteiger partial charge in [0.05, 0.1) is 13.2 Å². The van der Waals surface area contributed by atoms with Gasteiger partial charge in [0.2, 0.25) is 0 Å². The van der Waals surface area contributed by atoms with E-state index >= 15 is 0 Å². The van der Waals surface area contributed by atoms with Gasteiger partial charge < -0.3 is 14.2 Å². The number of hydrogen-bond acceptors (Lipinski definition) is 3. The highest BCUT2D eigenvalue weighted by molar-refractivity contribution is 6.17. The number of rotatable bonds is 5. The van der Waals surface area contributed by atoms with Gasteiger partial charge in [-0.1, -0.05) is 0 Å². The molecule has 0 spiro atoms. The molecule has 0 unspecified atom stereocenters. The van der Waals surface area contributed by atoms with Crippen molar-refractivity contribution in [3.8, 4) is 0 Å². The van der Waals surface area contributed by atoms with Crippen LogP contribution in [-0.2, 0) is 14.2 Å². The molecule has 72 valence electrons. The third-order valence-corrected chi connectivity index (χ3v) is 1.98. The van der Waals surface area contributed by atoms with Gasteiger partial charge in [-0.05, 0) is 13.3 Å². The molecule has 3 nitrogen and oxygen atoms in total. The molecular formula is C8H15ClO3. The summed E-state index contributed by atoms with van der Waals surface area (Å²) in [5.41, 5.74) is 0. The Hall–Kier alpha value is 0.170. The Morgan fingerprint density at radius 3 is 2.58 bits per heavy atom. The lowest BCUT2D eigenvalue weighted by molar-refractivity contribution is -0.332. The van der Waals surface area contributed by atoms with E-state index in [0.29, 0.717) is 32.1 Å². The number of ether oxygens (including phenoxy) is 3. The van der Waals surface area contributed by atoms with E-state index in [1.54, 1.807) is 0 Å². The lowest BCUT2D eigenvalue weighted by Crippen LogP contribution is -2.33. The van der Waals surface area contributed by atoms with Crippen molar-refractivity contribution in [2.45, 2.75) is 25.7 Å². The fourth-order valence-electron chi connectivity index (χ4n) is 1.24. The minimum absolute atomic E-state index is 0.599. The molecule has 1 fully saturated rings. The van der Waals surface area contributed by atoms with Crippen molar-refractivity contribution in [3.05, 3.63) is 0 Å². The highest BCUT2D eigenvalue weighted by Gasteiger charge is 2.36. The summed E-state index contributed by atoms with van der Waals surface area (Å²) in [4.78, 5) is 0. The van der Waals surface area contributed by atoms with Gasteiger partial charge in [-0.25, -0.2) is 0 Å². The SMILES string of the molecule is CCOC1(CCCCl)OCCO1. The molecule has 0 bridgehead atoms. The van der Waals surface area contributed by atoms with Crippen LogP contribution < -0.4 is 0 Å². The molecule has 0 N–H and O–H groups in total. The molecule has 1 saturated heterocycles. The normalized spacial score (nSPS) is 21.5. The van der Waals surface area contributed by atoms with Gasteiger partial charge in [0.1, 0.15) is 0 Å². The smallest absolute Gasteiger partial charge is 0.283 e. The molecule has 0 aromatic heterocycles. The van der Waals surface area contributed by atoms with Gasteiger partial charge in [0.15, 0.2) is 0 Å². The second kappa shape index (κ2) is 5.02. The highest BCUT2D eigenvalue weighted by Crippen LogP contribution is 2.26. The van der Waals surface area contributed by atoms with Gasteiger partial charge in [0.25, 0.3) is 5.97 Å². The second-order valence-electron chi connectivity index (χ2n) is 2.61. The molecule has 1 heterocycles. The maximum atomic E-state index is 5.58. The summed E-state index contributed by atoms with van der Waals surface area (Å²) in [5, 5.41) is 0. The molecule has 0 radical (unpaired) electrons. The third-order valence-electron chi connectivity index (χ3n) is 1.71. The maximum Gasteiger partial charge on any atom is 0.283 e. The molecule has 0 saturated carbocycles. The van der Waals surface area contributed by atoms with E-state index in [1.807, 2.05) is 6.92 Å². The predicted molar refractivity (Wildman–Crippen MR) is 46.2 cm³/mol. The van der Waals surface area contributed by atoms with Crippen LogP contribution in [0.1, 0.15) is 19.8 Å². The lowest BCUT2D eigenvalue weighted by Gasteiger charge is -2.25. The third kappa shape index (κ3) is 2.59. The number of halogens is 1. The summed E-state index contributed by atoms with van der Waals surface area (Å²) in [5.74, 6) is -0.175. The first-order valence-electron chi connectivity index (χ1n) is 4.31. The summed E-state index contributed by atoms with van der Waals surface area (Å²) in [6.07, 6.45) is 1.56. The van der Waals surface area contributed by atoms with Crippen molar-refractivity contribution in [2.75, 3.05) is 25.7 Å². The average Bonchev–Trinajstić information content (AvgIpc) is 2.51. The van der Waals surface area contributed by atoms with E-state index < -0.39 is 5.97 Å². The van der Waals surface area contributed by atoms with E-state index in [-0.39, 0.29) is 0 Å². The van der Waals surface area contributed by atoms with Crippen LogP contribution in [0.3, 0.4) is 0 Å². The zero-order valence-corrected chi connectivity index (χ0v) is 8.10. The van der Waals surface area contributed by atoms with Gasteiger partial charge in [-0.2, -0.15) is 0 Å². The van der Waals surface area contributed by atoms with Crippen LogP contribution in [0, 0.1) is 0 Å². The molecular weight excluding hydrogens is 180 g/mol. The first-order chi connectivity index (χ1) is 5.83. The average molecular weight is 195 g/mol. The molecule has 1 aliphatic rings. The molecule has 0 aromatic carbocycles. The zero-order valence-electron chi connectivity index (χ0n) is 7.35. The molecule has 0 aliphatic carbocycles. The summed E-state index contributed by atoms with van der Waals surface area (Å²) >= 11 is 5.58. The van der Waals surface area contributed by atoms with E-state index in [9.17, 15) is 0 Å². The quantitative estimate of drug-likeness (QED) is 0.624. The zero-order chi connectivity index (χ0) is 8.86. The van der Waals surface area contributed by atoms with Crippen molar-refractivity contribution in [1.82, 2.24) is 0 Å². The molecule has 1 aliphatic heterocycles. The molecule has 4 heteroatoms. The summed E-state index contributed by atoms with van der Waals surface area (Å²) in [6, 6.07) is 0. The first kappa shape index (κ1) is 10.3. The van der Waals surface area contributed by atoms with Crippen LogP contribution in [0.2, 0.25) is 0 Å². The number of hydrogen-bond donors (Lipinski definition) is 0. The van der Waals surface area contributed by atoms with Crippen LogP contribution in [0.5, 0.6) is 0 Å². The Kier molecular flexibility index (Phi) is 4.29. The molecule has 1 rings (SSSR count). The summed E-state index contributed by atoms with van der Waals surface area (Å²) < 4.78 is 16.1. The topological polar surface area (TPSA) is 27.7 Å². The van der Waals surface area contributed by atoms with Crippen LogP contribution in [0.25, 0.3) is 0 Å². The minimum atomic E-state index is -0.788. The number of alkyl halides is 1. The summed E-state index contributed by atoms with van der Waals surface area (Å²) in [6.45, 7) is 3.75. The van der Waals surface area contributed by atoms with Gasteiger partial charge in [-0.15, -0.1) is 11.6 Å². The van der Waals surface area contributed by atoms with E-state index in [4.69, 9.17) is 25.8 Å². The molecule has 0 atom stereocenters. The van der Waals surface area contributed by atoms with Gasteiger partial charge in [0, 0.05) is 18.9 Å². The molecule has 0 aromatic rings. The Morgan fingerprint density at radius 2 is 2.08 bits per heavy atom. The summed E-state index contributed by atoms with van der Waals surface area (Å²) in [7, 11) is 0. The van der Waals surface area contributed by atoms with Gasteiger partial charge >= 0.3 is 0 Å². The molecule has 0 amide bonds. The van der Waals surface area contributed by atoms with Crippen molar-refractivity contribution < 1.29 is 14.2 Å². The monoisotopic (exact) mass is 194 g/mol. The highest BCUT2D eigenvalue weighted by atomic mass is 35.5. The van der Waals surface area contributed by atoms with Crippen molar-refractivity contribution in [2.24, 2.45) is 0 Å². The largest absolute Gasteiger partial charge is 0.328 e. The maximum absolute atomic E-state index is 5.58.